The lowest BCUT2D eigenvalue weighted by Crippen LogP contribution is -2.54. The van der Waals surface area contributed by atoms with Crippen LogP contribution in [0.1, 0.15) is 101 Å². The van der Waals surface area contributed by atoms with Gasteiger partial charge in [-0.3, -0.25) is 0 Å². The molecule has 298 valence electrons. The van der Waals surface area contributed by atoms with E-state index in [0.717, 1.165) is 0 Å². The molecule has 8 aromatic carbocycles. The minimum atomic E-state index is 0.0432. The van der Waals surface area contributed by atoms with E-state index in [1.54, 1.807) is 0 Å². The van der Waals surface area contributed by atoms with Crippen LogP contribution in [0.3, 0.4) is 0 Å². The first kappa shape index (κ1) is 36.3. The van der Waals surface area contributed by atoms with Crippen molar-refractivity contribution < 1.29 is 0 Å². The van der Waals surface area contributed by atoms with E-state index in [4.69, 9.17) is 0 Å². The lowest BCUT2D eigenvalue weighted by Gasteiger charge is -2.50. The van der Waals surface area contributed by atoms with E-state index in [-0.39, 0.29) is 21.9 Å². The summed E-state index contributed by atoms with van der Waals surface area (Å²) in [4.78, 5) is 5.40. The van der Waals surface area contributed by atoms with Gasteiger partial charge in [0.15, 0.2) is 0 Å². The van der Waals surface area contributed by atoms with Crippen LogP contribution in [0.5, 0.6) is 0 Å². The summed E-state index contributed by atoms with van der Waals surface area (Å²) in [5.74, 6) is 0. The topological polar surface area (TPSA) is 6.48 Å². The van der Waals surface area contributed by atoms with Gasteiger partial charge in [0, 0.05) is 33.6 Å². The molecule has 4 unspecified atom stereocenters. The minimum Gasteiger partial charge on any atom is -0.334 e. The fraction of sp³-hybridized carbons (Fsp3) is 0.310. The second-order valence-corrected chi connectivity index (χ2v) is 20.1. The van der Waals surface area contributed by atoms with Gasteiger partial charge >= 0.3 is 0 Å². The van der Waals surface area contributed by atoms with E-state index in [1.165, 1.54) is 151 Å². The van der Waals surface area contributed by atoms with Crippen molar-refractivity contribution in [3.8, 4) is 22.3 Å². The molecule has 2 nitrogen and oxygen atoms in total. The zero-order valence-corrected chi connectivity index (χ0v) is 36.3. The Morgan fingerprint density at radius 1 is 0.400 bits per heavy atom. The summed E-state index contributed by atoms with van der Waals surface area (Å²) in [7, 11) is 0. The molecule has 0 N–H and O–H groups in total. The highest BCUT2D eigenvalue weighted by Crippen LogP contribution is 2.63. The van der Waals surface area contributed by atoms with E-state index in [2.05, 4.69) is 185 Å². The summed E-state index contributed by atoms with van der Waals surface area (Å²) >= 11 is 0. The number of fused-ring (bicyclic) bond motifs is 6. The van der Waals surface area contributed by atoms with Crippen LogP contribution in [-0.2, 0) is 10.8 Å². The number of aryl methyl sites for hydroxylation is 2. The molecule has 2 aliphatic heterocycles. The molecular formula is C58H56N2. The molecule has 60 heavy (non-hydrogen) atoms. The van der Waals surface area contributed by atoms with Crippen LogP contribution in [0.15, 0.2) is 133 Å². The van der Waals surface area contributed by atoms with Gasteiger partial charge in [0.1, 0.15) is 0 Å². The van der Waals surface area contributed by atoms with Gasteiger partial charge in [-0.1, -0.05) is 100 Å². The Balaban J connectivity index is 0.973. The fourth-order valence-corrected chi connectivity index (χ4v) is 13.5. The van der Waals surface area contributed by atoms with Crippen LogP contribution in [0.2, 0.25) is 0 Å². The van der Waals surface area contributed by atoms with E-state index >= 15 is 0 Å². The van der Waals surface area contributed by atoms with Gasteiger partial charge in [0.25, 0.3) is 0 Å². The van der Waals surface area contributed by atoms with Gasteiger partial charge in [-0.2, -0.15) is 0 Å². The molecule has 0 saturated heterocycles. The second kappa shape index (κ2) is 12.5. The van der Waals surface area contributed by atoms with Gasteiger partial charge < -0.3 is 9.80 Å². The Morgan fingerprint density at radius 3 is 1.12 bits per heavy atom. The van der Waals surface area contributed by atoms with Crippen molar-refractivity contribution in [2.75, 3.05) is 9.80 Å². The Morgan fingerprint density at radius 2 is 0.750 bits per heavy atom. The Bertz CT molecular complexity index is 2760. The van der Waals surface area contributed by atoms with Crippen LogP contribution in [0, 0.1) is 13.8 Å². The third-order valence-corrected chi connectivity index (χ3v) is 17.1. The molecule has 2 saturated carbocycles. The van der Waals surface area contributed by atoms with E-state index in [0.29, 0.717) is 0 Å². The number of benzene rings is 8. The summed E-state index contributed by atoms with van der Waals surface area (Å²) in [5.41, 5.74) is 16.8. The standard InChI is InChI=1S/C58H56N2/c1-37-29-51-49(55(3)25-13-15-27-57(55,5)59(51)45-17-9-7-10-18-45)35-47(37)43-31-39-21-23-41-33-44(34-42-24-22-40(32-43)53(39)54(41)42)48-36-50-52(30-38(48)2)60(46-19-11-8-12-20-46)58(6)28-16-14-26-56(50,58)4/h7-12,17-24,29-36H,13-16,25-28H2,1-6H3. The fourth-order valence-electron chi connectivity index (χ4n) is 13.5. The van der Waals surface area contributed by atoms with Gasteiger partial charge in [0.05, 0.1) is 11.1 Å². The Labute approximate surface area is 356 Å². The molecule has 2 aliphatic carbocycles. The average Bonchev–Trinajstić information content (AvgIpc) is 3.58. The lowest BCUT2D eigenvalue weighted by molar-refractivity contribution is 0.195. The van der Waals surface area contributed by atoms with E-state index in [1.807, 2.05) is 0 Å². The normalized spacial score (nSPS) is 25.8. The van der Waals surface area contributed by atoms with Crippen molar-refractivity contribution in [3.63, 3.8) is 0 Å². The molecule has 4 aliphatic rings. The van der Waals surface area contributed by atoms with Crippen LogP contribution in [-0.4, -0.2) is 11.1 Å². The molecule has 8 aromatic rings. The van der Waals surface area contributed by atoms with Crippen molar-refractivity contribution in [1.29, 1.82) is 0 Å². The summed E-state index contributed by atoms with van der Waals surface area (Å²) < 4.78 is 0. The lowest BCUT2D eigenvalue weighted by atomic mass is 9.61. The number of para-hydroxylation sites is 2. The van der Waals surface area contributed by atoms with Crippen molar-refractivity contribution >= 4 is 55.1 Å². The van der Waals surface area contributed by atoms with Crippen molar-refractivity contribution in [3.05, 3.63) is 156 Å². The number of hydrogen-bond donors (Lipinski definition) is 0. The van der Waals surface area contributed by atoms with Gasteiger partial charge in [-0.15, -0.1) is 0 Å². The largest absolute Gasteiger partial charge is 0.334 e. The van der Waals surface area contributed by atoms with Crippen molar-refractivity contribution in [1.82, 2.24) is 0 Å². The summed E-state index contributed by atoms with van der Waals surface area (Å²) in [6.07, 6.45) is 10.0. The predicted molar refractivity (Wildman–Crippen MR) is 256 cm³/mol. The molecule has 2 heterocycles. The average molecular weight is 781 g/mol. The number of anilines is 4. The molecule has 0 amide bonds. The van der Waals surface area contributed by atoms with Crippen LogP contribution in [0.25, 0.3) is 54.6 Å². The third-order valence-electron chi connectivity index (χ3n) is 17.1. The molecule has 2 fully saturated rings. The predicted octanol–water partition coefficient (Wildman–Crippen LogP) is 16.0. The molecular weight excluding hydrogens is 725 g/mol. The molecule has 0 aromatic heterocycles. The smallest absolute Gasteiger partial charge is 0.0517 e. The highest BCUT2D eigenvalue weighted by Gasteiger charge is 2.59. The van der Waals surface area contributed by atoms with Crippen LogP contribution >= 0.6 is 0 Å². The third kappa shape index (κ3) is 4.66. The maximum absolute atomic E-state index is 2.70. The van der Waals surface area contributed by atoms with Crippen molar-refractivity contribution in [2.24, 2.45) is 0 Å². The summed E-state index contributed by atoms with van der Waals surface area (Å²) in [5, 5.41) is 8.07. The van der Waals surface area contributed by atoms with Crippen LogP contribution < -0.4 is 9.80 Å². The molecule has 4 atom stereocenters. The SMILES string of the molecule is Cc1cc2c(cc1-c1cc3ccc4cc(-c5cc6c(cc5C)N(c5ccccc5)C5(C)CCCCC65C)cc5ccc(c1)c3c45)C1(C)CCCCC1(C)N2c1ccccc1. The maximum atomic E-state index is 2.70. The first-order chi connectivity index (χ1) is 29.0. The van der Waals surface area contributed by atoms with Gasteiger partial charge in [-0.25, -0.2) is 0 Å². The molecule has 2 heteroatoms. The molecule has 12 rings (SSSR count). The van der Waals surface area contributed by atoms with Crippen molar-refractivity contribution in [2.45, 2.75) is 115 Å². The van der Waals surface area contributed by atoms with Gasteiger partial charge in [-0.05, 0) is 203 Å². The Hall–Kier alpha value is -5.60. The summed E-state index contributed by atoms with van der Waals surface area (Å²) in [6, 6.07) is 51.9. The number of hydrogen-bond acceptors (Lipinski definition) is 2. The first-order valence-electron chi connectivity index (χ1n) is 22.8. The number of nitrogens with zero attached hydrogens (tertiary/aromatic N) is 2. The zero-order chi connectivity index (χ0) is 40.8. The minimum absolute atomic E-state index is 0.0432. The Kier molecular flexibility index (Phi) is 7.54. The highest BCUT2D eigenvalue weighted by molar-refractivity contribution is 6.24. The zero-order valence-electron chi connectivity index (χ0n) is 36.3. The van der Waals surface area contributed by atoms with E-state index in [9.17, 15) is 0 Å². The molecule has 0 spiro atoms. The first-order valence-corrected chi connectivity index (χ1v) is 22.8. The highest BCUT2D eigenvalue weighted by atomic mass is 15.3. The maximum Gasteiger partial charge on any atom is 0.0517 e. The quantitative estimate of drug-likeness (QED) is 0.164. The van der Waals surface area contributed by atoms with Crippen LogP contribution in [0.4, 0.5) is 22.7 Å². The number of rotatable bonds is 4. The monoisotopic (exact) mass is 780 g/mol. The molecule has 0 radical (unpaired) electrons. The second-order valence-electron chi connectivity index (χ2n) is 20.1. The summed E-state index contributed by atoms with van der Waals surface area (Å²) in [6.45, 7) is 14.8. The molecule has 0 bridgehead atoms. The van der Waals surface area contributed by atoms with Gasteiger partial charge in [0.2, 0.25) is 0 Å². The van der Waals surface area contributed by atoms with E-state index < -0.39 is 0 Å².